The molecule has 0 fully saturated rings. The van der Waals surface area contributed by atoms with Crippen LogP contribution in [0.4, 0.5) is 0 Å². The van der Waals surface area contributed by atoms with Crippen molar-refractivity contribution in [1.82, 2.24) is 10.7 Å². The average Bonchev–Trinajstić information content (AvgIpc) is 2.88. The molecule has 3 aromatic carbocycles. The Kier molecular flexibility index (Phi) is 11.2. The number of ether oxygens (including phenoxy) is 2. The third kappa shape index (κ3) is 8.85. The van der Waals surface area contributed by atoms with Gasteiger partial charge in [0.1, 0.15) is 12.6 Å². The van der Waals surface area contributed by atoms with E-state index in [0.717, 1.165) is 10.0 Å². The lowest BCUT2D eigenvalue weighted by Gasteiger charge is -2.19. The summed E-state index contributed by atoms with van der Waals surface area (Å²) in [5, 5.41) is 7.41. The lowest BCUT2D eigenvalue weighted by molar-refractivity contribution is -0.123. The highest BCUT2D eigenvalue weighted by atomic mass is 79.9. The summed E-state index contributed by atoms with van der Waals surface area (Å²) in [6, 6.07) is 17.1. The van der Waals surface area contributed by atoms with Crippen LogP contribution in [0.25, 0.3) is 0 Å². The zero-order valence-corrected chi connectivity index (χ0v) is 25.1. The van der Waals surface area contributed by atoms with Gasteiger partial charge in [-0.05, 0) is 87.9 Å². The molecule has 10 heteroatoms. The standard InChI is InChI=1S/C28H28Br2ClN3O4/c1-17(2)12-24(33-27(35)20-6-10-22(31)11-7-20)28(36)34-32-15-19-13-23(30)26(25(14-19)37-3)38-16-18-4-8-21(29)9-5-18/h4-11,13-15,17,24H,12,16H2,1-3H3,(H,33,35)(H,34,36). The summed E-state index contributed by atoms with van der Waals surface area (Å²) < 4.78 is 13.2. The summed E-state index contributed by atoms with van der Waals surface area (Å²) in [5.74, 6) is 0.456. The predicted molar refractivity (Wildman–Crippen MR) is 157 cm³/mol. The van der Waals surface area contributed by atoms with Crippen molar-refractivity contribution in [3.8, 4) is 11.5 Å². The number of carbonyl (C=O) groups excluding carboxylic acids is 2. The minimum Gasteiger partial charge on any atom is -0.493 e. The number of amides is 2. The Labute approximate surface area is 244 Å². The van der Waals surface area contributed by atoms with Gasteiger partial charge in [0.15, 0.2) is 11.5 Å². The normalized spacial score (nSPS) is 11.9. The fraction of sp³-hybridized carbons (Fsp3) is 0.250. The molecule has 0 bridgehead atoms. The molecule has 1 atom stereocenters. The van der Waals surface area contributed by atoms with Crippen LogP contribution in [-0.2, 0) is 11.4 Å². The lowest BCUT2D eigenvalue weighted by Crippen LogP contribution is -2.46. The van der Waals surface area contributed by atoms with Gasteiger partial charge in [0, 0.05) is 15.1 Å². The molecule has 38 heavy (non-hydrogen) atoms. The summed E-state index contributed by atoms with van der Waals surface area (Å²) in [7, 11) is 1.55. The van der Waals surface area contributed by atoms with E-state index >= 15 is 0 Å². The summed E-state index contributed by atoms with van der Waals surface area (Å²) >= 11 is 12.9. The quantitative estimate of drug-likeness (QED) is 0.175. The predicted octanol–water partition coefficient (Wildman–Crippen LogP) is 6.75. The molecule has 0 aliphatic carbocycles. The molecule has 0 radical (unpaired) electrons. The van der Waals surface area contributed by atoms with Crippen LogP contribution in [0.5, 0.6) is 11.5 Å². The number of rotatable bonds is 11. The van der Waals surface area contributed by atoms with E-state index < -0.39 is 11.9 Å². The van der Waals surface area contributed by atoms with Crippen molar-refractivity contribution in [1.29, 1.82) is 0 Å². The van der Waals surface area contributed by atoms with Gasteiger partial charge in [0.05, 0.1) is 17.8 Å². The van der Waals surface area contributed by atoms with E-state index in [2.05, 4.69) is 47.7 Å². The Morgan fingerprint density at radius 2 is 1.74 bits per heavy atom. The molecule has 2 amide bonds. The third-order valence-electron chi connectivity index (χ3n) is 5.37. The van der Waals surface area contributed by atoms with Crippen LogP contribution in [0, 0.1) is 5.92 Å². The molecule has 200 valence electrons. The first-order valence-corrected chi connectivity index (χ1v) is 13.8. The first-order chi connectivity index (χ1) is 18.2. The van der Waals surface area contributed by atoms with Crippen molar-refractivity contribution >= 4 is 61.5 Å². The van der Waals surface area contributed by atoms with E-state index in [1.165, 1.54) is 6.21 Å². The molecule has 0 heterocycles. The van der Waals surface area contributed by atoms with Crippen molar-refractivity contribution in [2.45, 2.75) is 32.9 Å². The fourth-order valence-corrected chi connectivity index (χ4v) is 4.45. The highest BCUT2D eigenvalue weighted by Crippen LogP contribution is 2.37. The fourth-order valence-electron chi connectivity index (χ4n) is 3.48. The Morgan fingerprint density at radius 1 is 1.05 bits per heavy atom. The molecule has 3 rings (SSSR count). The van der Waals surface area contributed by atoms with E-state index in [1.54, 1.807) is 37.4 Å². The molecule has 1 unspecified atom stereocenters. The smallest absolute Gasteiger partial charge is 0.262 e. The van der Waals surface area contributed by atoms with Crippen LogP contribution in [0.2, 0.25) is 5.02 Å². The van der Waals surface area contributed by atoms with Crippen molar-refractivity contribution < 1.29 is 19.1 Å². The number of methoxy groups -OCH3 is 1. The van der Waals surface area contributed by atoms with Gasteiger partial charge in [-0.3, -0.25) is 9.59 Å². The van der Waals surface area contributed by atoms with Crippen LogP contribution in [0.3, 0.4) is 0 Å². The number of nitrogens with zero attached hydrogens (tertiary/aromatic N) is 1. The van der Waals surface area contributed by atoms with Crippen LogP contribution in [-0.4, -0.2) is 31.2 Å². The van der Waals surface area contributed by atoms with E-state index in [0.29, 0.717) is 45.1 Å². The number of hydrogen-bond donors (Lipinski definition) is 2. The van der Waals surface area contributed by atoms with Gasteiger partial charge in [0.25, 0.3) is 11.8 Å². The molecular weight excluding hydrogens is 638 g/mol. The van der Waals surface area contributed by atoms with Crippen LogP contribution < -0.4 is 20.2 Å². The highest BCUT2D eigenvalue weighted by molar-refractivity contribution is 9.10. The van der Waals surface area contributed by atoms with Crippen molar-refractivity contribution in [3.63, 3.8) is 0 Å². The molecule has 0 spiro atoms. The van der Waals surface area contributed by atoms with Gasteiger partial charge >= 0.3 is 0 Å². The van der Waals surface area contributed by atoms with Gasteiger partial charge in [-0.1, -0.05) is 53.5 Å². The SMILES string of the molecule is COc1cc(C=NNC(=O)C(CC(C)C)NC(=O)c2ccc(Cl)cc2)cc(Br)c1OCc1ccc(Br)cc1. The number of nitrogens with one attached hydrogen (secondary N) is 2. The van der Waals surface area contributed by atoms with Gasteiger partial charge in [0.2, 0.25) is 0 Å². The van der Waals surface area contributed by atoms with Crippen molar-refractivity contribution in [2.75, 3.05) is 7.11 Å². The molecule has 3 aromatic rings. The van der Waals surface area contributed by atoms with E-state index in [-0.39, 0.29) is 11.8 Å². The molecule has 0 saturated carbocycles. The maximum absolute atomic E-state index is 12.9. The Balaban J connectivity index is 1.66. The van der Waals surface area contributed by atoms with Crippen LogP contribution >= 0.6 is 43.5 Å². The van der Waals surface area contributed by atoms with Gasteiger partial charge < -0.3 is 14.8 Å². The second-order valence-corrected chi connectivity index (χ2v) is 11.1. The summed E-state index contributed by atoms with van der Waals surface area (Å²) in [4.78, 5) is 25.5. The number of halogens is 3. The summed E-state index contributed by atoms with van der Waals surface area (Å²) in [6.07, 6.45) is 1.95. The molecule has 0 aliphatic rings. The molecule has 0 aliphatic heterocycles. The average molecular weight is 666 g/mol. The van der Waals surface area contributed by atoms with Crippen LogP contribution in [0.1, 0.15) is 41.8 Å². The van der Waals surface area contributed by atoms with Crippen molar-refractivity contribution in [2.24, 2.45) is 11.0 Å². The minimum absolute atomic E-state index is 0.172. The van der Waals surface area contributed by atoms with Crippen LogP contribution in [0.15, 0.2) is 74.7 Å². The van der Waals surface area contributed by atoms with Gasteiger partial charge in [-0.25, -0.2) is 5.43 Å². The van der Waals surface area contributed by atoms with Crippen molar-refractivity contribution in [3.05, 3.63) is 91.3 Å². The van der Waals surface area contributed by atoms with Gasteiger partial charge in [-0.2, -0.15) is 5.10 Å². The minimum atomic E-state index is -0.758. The number of carbonyl (C=O) groups is 2. The Bertz CT molecular complexity index is 1280. The maximum Gasteiger partial charge on any atom is 0.262 e. The van der Waals surface area contributed by atoms with E-state index in [4.69, 9.17) is 21.1 Å². The van der Waals surface area contributed by atoms with Gasteiger partial charge in [-0.15, -0.1) is 0 Å². The number of hydrogen-bond acceptors (Lipinski definition) is 5. The second kappa shape index (κ2) is 14.3. The first-order valence-electron chi connectivity index (χ1n) is 11.8. The number of hydrazone groups is 1. The number of benzene rings is 3. The molecular formula is C28H28Br2ClN3O4. The zero-order chi connectivity index (χ0) is 27.7. The highest BCUT2D eigenvalue weighted by Gasteiger charge is 2.22. The molecule has 0 aromatic heterocycles. The molecule has 2 N–H and O–H groups in total. The molecule has 0 saturated heterocycles. The van der Waals surface area contributed by atoms with E-state index in [9.17, 15) is 9.59 Å². The second-order valence-electron chi connectivity index (χ2n) is 8.85. The lowest BCUT2D eigenvalue weighted by atomic mass is 10.0. The largest absolute Gasteiger partial charge is 0.493 e. The molecule has 7 nitrogen and oxygen atoms in total. The topological polar surface area (TPSA) is 89.0 Å². The zero-order valence-electron chi connectivity index (χ0n) is 21.1. The maximum atomic E-state index is 12.9. The first kappa shape index (κ1) is 29.7. The Hall–Kier alpha value is -2.88. The Morgan fingerprint density at radius 3 is 2.37 bits per heavy atom. The third-order valence-corrected chi connectivity index (χ3v) is 6.74. The van der Waals surface area contributed by atoms with E-state index in [1.807, 2.05) is 44.2 Å². The monoisotopic (exact) mass is 663 g/mol. The summed E-state index contributed by atoms with van der Waals surface area (Å²) in [6.45, 7) is 4.31. The summed E-state index contributed by atoms with van der Waals surface area (Å²) in [5.41, 5.74) is 4.63.